The lowest BCUT2D eigenvalue weighted by molar-refractivity contribution is -0.114. The number of hydrogen-bond acceptors (Lipinski definition) is 8. The minimum atomic E-state index is -0.650. The quantitative estimate of drug-likeness (QED) is 0.337. The van der Waals surface area contributed by atoms with Gasteiger partial charge in [0, 0.05) is 35.8 Å². The molecule has 5 N–H and O–H groups in total. The minimum Gasteiger partial charge on any atom is -0.462 e. The van der Waals surface area contributed by atoms with Gasteiger partial charge in [0.05, 0.1) is 18.8 Å². The maximum Gasteiger partial charge on any atom is 0.318 e. The molecule has 0 unspecified atom stereocenters. The van der Waals surface area contributed by atoms with Crippen LogP contribution in [0.5, 0.6) is 6.01 Å². The zero-order valence-corrected chi connectivity index (χ0v) is 25.7. The second-order valence-corrected chi connectivity index (χ2v) is 9.80. The first-order valence-electron chi connectivity index (χ1n) is 14.3. The number of ether oxygens (including phenoxy) is 1. The highest BCUT2D eigenvalue weighted by Crippen LogP contribution is 2.30. The van der Waals surface area contributed by atoms with Crippen molar-refractivity contribution >= 4 is 17.4 Å². The summed E-state index contributed by atoms with van der Waals surface area (Å²) in [7, 11) is 2.14. The van der Waals surface area contributed by atoms with Crippen molar-refractivity contribution in [2.45, 2.75) is 72.9 Å². The van der Waals surface area contributed by atoms with Crippen LogP contribution in [0.15, 0.2) is 30.4 Å². The third-order valence-electron chi connectivity index (χ3n) is 6.94. The van der Waals surface area contributed by atoms with Crippen molar-refractivity contribution in [3.63, 3.8) is 0 Å². The zero-order valence-electron chi connectivity index (χ0n) is 25.7. The Labute approximate surface area is 246 Å². The third-order valence-corrected chi connectivity index (χ3v) is 6.94. The fourth-order valence-electron chi connectivity index (χ4n) is 4.33. The third kappa shape index (κ3) is 11.0. The molecular formula is C31H49N7O3. The number of aliphatic hydroxyl groups is 1. The fourth-order valence-corrected chi connectivity index (χ4v) is 4.33. The van der Waals surface area contributed by atoms with E-state index in [0.29, 0.717) is 31.0 Å². The molecule has 0 bridgehead atoms. The largest absolute Gasteiger partial charge is 0.462 e. The molecule has 4 rings (SSSR count). The number of nitrogens with two attached hydrogens (primary N) is 2. The van der Waals surface area contributed by atoms with Gasteiger partial charge in [-0.1, -0.05) is 39.5 Å². The molecule has 226 valence electrons. The van der Waals surface area contributed by atoms with Crippen molar-refractivity contribution < 1.29 is 14.6 Å². The van der Waals surface area contributed by atoms with E-state index in [0.717, 1.165) is 50.2 Å². The van der Waals surface area contributed by atoms with Crippen molar-refractivity contribution in [3.8, 4) is 6.01 Å². The predicted molar refractivity (Wildman–Crippen MR) is 167 cm³/mol. The molecule has 1 saturated heterocycles. The second kappa shape index (κ2) is 18.6. The highest BCUT2D eigenvalue weighted by molar-refractivity contribution is 5.91. The van der Waals surface area contributed by atoms with Gasteiger partial charge in [-0.25, -0.2) is 6.57 Å². The Morgan fingerprint density at radius 1 is 1.27 bits per heavy atom. The normalized spacial score (nSPS) is 15.5. The van der Waals surface area contributed by atoms with E-state index in [1.165, 1.54) is 23.2 Å². The molecule has 0 radical (unpaired) electrons. The summed E-state index contributed by atoms with van der Waals surface area (Å²) in [5.41, 5.74) is 16.9. The maximum atomic E-state index is 9.89. The summed E-state index contributed by atoms with van der Waals surface area (Å²) < 4.78 is 5.93. The Morgan fingerprint density at radius 2 is 1.98 bits per heavy atom. The summed E-state index contributed by atoms with van der Waals surface area (Å²) in [6, 6.07) is 7.31. The van der Waals surface area contributed by atoms with Gasteiger partial charge in [0.15, 0.2) is 0 Å². The van der Waals surface area contributed by atoms with Gasteiger partial charge in [0.2, 0.25) is 12.5 Å². The molecule has 10 nitrogen and oxygen atoms in total. The number of benzene rings is 1. The summed E-state index contributed by atoms with van der Waals surface area (Å²) in [6.45, 7) is 23.5. The summed E-state index contributed by atoms with van der Waals surface area (Å²) in [4.78, 5) is 26.8. The average Bonchev–Trinajstić information content (AvgIpc) is 3.39. The first-order valence-corrected chi connectivity index (χ1v) is 14.3. The molecule has 0 spiro atoms. The van der Waals surface area contributed by atoms with Crippen LogP contribution in [0, 0.1) is 20.4 Å². The molecule has 3 heterocycles. The van der Waals surface area contributed by atoms with Gasteiger partial charge in [-0.3, -0.25) is 4.79 Å². The molecule has 41 heavy (non-hydrogen) atoms. The number of nitrogen functional groups attached to an aromatic ring is 1. The van der Waals surface area contributed by atoms with Gasteiger partial charge < -0.3 is 36.0 Å². The number of likely N-dealkylation sites (tertiary alicyclic amines) is 1. The number of anilines is 2. The molecular weight excluding hydrogens is 518 g/mol. The van der Waals surface area contributed by atoms with Crippen LogP contribution in [-0.4, -0.2) is 71.8 Å². The topological polar surface area (TPSA) is 135 Å². The Bertz CT molecular complexity index is 1160. The number of nitrogens with zero attached hydrogens (tertiary/aromatic N) is 5. The number of carbonyl (C=O) groups excluding carboxylic acids is 1. The summed E-state index contributed by atoms with van der Waals surface area (Å²) in [5, 5.41) is 8.10. The van der Waals surface area contributed by atoms with Crippen LogP contribution in [-0.2, 0) is 17.8 Å². The highest BCUT2D eigenvalue weighted by atomic mass is 16.5. The van der Waals surface area contributed by atoms with Crippen molar-refractivity contribution in [3.05, 3.63) is 64.2 Å². The van der Waals surface area contributed by atoms with Crippen molar-refractivity contribution in [1.29, 1.82) is 0 Å². The van der Waals surface area contributed by atoms with Crippen LogP contribution in [0.3, 0.4) is 0 Å². The lowest BCUT2D eigenvalue weighted by Gasteiger charge is -2.32. The predicted octanol–water partition coefficient (Wildman–Crippen LogP) is 4.07. The molecule has 10 heteroatoms. The number of fused-ring (bicyclic) bond motifs is 1. The Morgan fingerprint density at radius 3 is 2.49 bits per heavy atom. The van der Waals surface area contributed by atoms with Gasteiger partial charge in [-0.05, 0) is 63.9 Å². The number of aryl methyl sites for hydroxylation is 1. The molecule has 2 aliphatic rings. The van der Waals surface area contributed by atoms with Crippen LogP contribution in [0.4, 0.5) is 11.5 Å². The van der Waals surface area contributed by atoms with Crippen LogP contribution in [0.1, 0.15) is 62.4 Å². The Hall–Kier alpha value is -3.68. The molecule has 2 aromatic rings. The van der Waals surface area contributed by atoms with E-state index in [1.807, 2.05) is 20.8 Å². The van der Waals surface area contributed by atoms with E-state index in [2.05, 4.69) is 71.0 Å². The summed E-state index contributed by atoms with van der Waals surface area (Å²) >= 11 is 0. The van der Waals surface area contributed by atoms with Crippen molar-refractivity contribution in [1.82, 2.24) is 14.9 Å². The Kier molecular flexibility index (Phi) is 16.1. The monoisotopic (exact) mass is 567 g/mol. The summed E-state index contributed by atoms with van der Waals surface area (Å²) in [6.07, 6.45) is 4.24. The summed E-state index contributed by atoms with van der Waals surface area (Å²) in [5.74, 6) is -0.0853. The molecule has 2 aliphatic heterocycles. The first kappa shape index (κ1) is 35.3. The van der Waals surface area contributed by atoms with Crippen LogP contribution in [0.2, 0.25) is 0 Å². The Balaban J connectivity index is 0.000000503. The van der Waals surface area contributed by atoms with Crippen molar-refractivity contribution in [2.75, 3.05) is 50.5 Å². The number of amides is 1. The maximum absolute atomic E-state index is 9.89. The molecule has 1 amide bonds. The van der Waals surface area contributed by atoms with E-state index < -0.39 is 5.91 Å². The standard InChI is InChI=1S/C21H29N5O.C4H7NO2.C4H7N.C2H6/c1-14-6-4-8-19(15(14)2)26-11-9-17-18(12-26)23-21(24-20(17)22)27-13-16-7-5-10-25(16)3;1-3(2-6)4(5)7;1-3-4-5-2;1-2/h4,6,8,16H,5,7,9-13H2,1-3H3,(H2,22,23,24);6H,1-2H2,(H2,5,7);3-4H2,1H3;1-2H3/t16-;;;/m0.../s1. The minimum absolute atomic E-state index is 0.0417. The molecule has 1 aromatic carbocycles. The fraction of sp³-hybridized carbons (Fsp3) is 0.548. The van der Waals surface area contributed by atoms with E-state index >= 15 is 0 Å². The smallest absolute Gasteiger partial charge is 0.318 e. The van der Waals surface area contributed by atoms with Crippen LogP contribution in [0.25, 0.3) is 4.85 Å². The molecule has 0 aliphatic carbocycles. The lowest BCUT2D eigenvalue weighted by atomic mass is 10.0. The van der Waals surface area contributed by atoms with Gasteiger partial charge in [-0.2, -0.15) is 9.97 Å². The van der Waals surface area contributed by atoms with Gasteiger partial charge in [-0.15, -0.1) is 0 Å². The average molecular weight is 568 g/mol. The molecule has 1 fully saturated rings. The number of likely N-dealkylation sites (N-methyl/N-ethyl adjacent to an activating group) is 1. The number of primary amides is 1. The number of rotatable bonds is 7. The first-order chi connectivity index (χ1) is 19.6. The number of hydrogen-bond donors (Lipinski definition) is 3. The molecule has 1 aromatic heterocycles. The van der Waals surface area contributed by atoms with Crippen LogP contribution < -0.4 is 21.1 Å². The van der Waals surface area contributed by atoms with E-state index in [9.17, 15) is 4.79 Å². The van der Waals surface area contributed by atoms with Gasteiger partial charge in [0.1, 0.15) is 12.4 Å². The lowest BCUT2D eigenvalue weighted by Crippen LogP contribution is -2.33. The SMILES string of the molecule is C=C(CO)C(N)=O.CC.Cc1cccc(N2CCc3c(N)nc(OC[C@@H]4CCCN4C)nc3C2)c1C.[C-]#[N+]CCC. The zero-order chi connectivity index (χ0) is 30.9. The van der Waals surface area contributed by atoms with Crippen molar-refractivity contribution in [2.24, 2.45) is 5.73 Å². The number of carbonyl (C=O) groups is 1. The van der Waals surface area contributed by atoms with Gasteiger partial charge in [0.25, 0.3) is 0 Å². The second-order valence-electron chi connectivity index (χ2n) is 9.80. The van der Waals surface area contributed by atoms with E-state index in [4.69, 9.17) is 27.1 Å². The van der Waals surface area contributed by atoms with Crippen LogP contribution >= 0.6 is 0 Å². The number of aliphatic hydroxyl groups excluding tert-OH is 1. The number of aromatic nitrogens is 2. The molecule has 1 atom stereocenters. The van der Waals surface area contributed by atoms with E-state index in [1.54, 1.807) is 0 Å². The highest BCUT2D eigenvalue weighted by Gasteiger charge is 2.25. The molecule has 0 saturated carbocycles. The van der Waals surface area contributed by atoms with E-state index in [-0.39, 0.29) is 12.2 Å². The van der Waals surface area contributed by atoms with Gasteiger partial charge >= 0.3 is 6.01 Å².